The minimum absolute atomic E-state index is 0.591. The lowest BCUT2D eigenvalue weighted by molar-refractivity contribution is 0.402. The summed E-state index contributed by atoms with van der Waals surface area (Å²) >= 11 is 0. The highest BCUT2D eigenvalue weighted by atomic mass is 16.5. The number of benzene rings is 2. The quantitative estimate of drug-likeness (QED) is 0.423. The van der Waals surface area contributed by atoms with Crippen LogP contribution < -0.4 is 4.74 Å². The second kappa shape index (κ2) is 8.26. The van der Waals surface area contributed by atoms with E-state index in [4.69, 9.17) is 4.74 Å². The number of rotatable bonds is 6. The first-order chi connectivity index (χ1) is 15.7. The van der Waals surface area contributed by atoms with E-state index in [0.29, 0.717) is 11.7 Å². The molecule has 2 aromatic carbocycles. The molecule has 7 nitrogen and oxygen atoms in total. The number of pyridine rings is 1. The molecule has 0 amide bonds. The summed E-state index contributed by atoms with van der Waals surface area (Å²) in [5.74, 6) is 1.28. The van der Waals surface area contributed by atoms with Crippen molar-refractivity contribution in [3.05, 3.63) is 77.6 Å². The van der Waals surface area contributed by atoms with E-state index in [2.05, 4.69) is 86.5 Å². The van der Waals surface area contributed by atoms with Gasteiger partial charge in [0, 0.05) is 23.5 Å². The third kappa shape index (κ3) is 3.51. The number of tetrazole rings is 1. The van der Waals surface area contributed by atoms with Crippen molar-refractivity contribution in [3.63, 3.8) is 0 Å². The number of methoxy groups -OCH3 is 1. The van der Waals surface area contributed by atoms with E-state index in [1.807, 2.05) is 18.2 Å². The first-order valence-corrected chi connectivity index (χ1v) is 10.6. The minimum atomic E-state index is 0.591. The van der Waals surface area contributed by atoms with Gasteiger partial charge in [-0.1, -0.05) is 55.5 Å². The smallest absolute Gasteiger partial charge is 0.222 e. The van der Waals surface area contributed by atoms with Gasteiger partial charge >= 0.3 is 0 Å². The van der Waals surface area contributed by atoms with Gasteiger partial charge in [0.25, 0.3) is 0 Å². The van der Waals surface area contributed by atoms with Gasteiger partial charge in [0.1, 0.15) is 0 Å². The molecule has 0 bridgehead atoms. The molecule has 0 unspecified atom stereocenters. The Kier molecular flexibility index (Phi) is 5.15. The minimum Gasteiger partial charge on any atom is -0.480 e. The van der Waals surface area contributed by atoms with E-state index < -0.39 is 0 Å². The first kappa shape index (κ1) is 19.9. The summed E-state index contributed by atoms with van der Waals surface area (Å²) in [7, 11) is 1.68. The van der Waals surface area contributed by atoms with Crippen LogP contribution in [0.15, 0.2) is 60.7 Å². The van der Waals surface area contributed by atoms with Crippen molar-refractivity contribution in [2.75, 3.05) is 7.11 Å². The molecule has 0 spiro atoms. The summed E-state index contributed by atoms with van der Waals surface area (Å²) in [6.45, 7) is 5.01. The number of H-pyrrole nitrogens is 1. The number of ether oxygens (including phenoxy) is 1. The van der Waals surface area contributed by atoms with Crippen LogP contribution in [0, 0.1) is 6.92 Å². The van der Waals surface area contributed by atoms with Crippen LogP contribution in [0.4, 0.5) is 0 Å². The highest BCUT2D eigenvalue weighted by Crippen LogP contribution is 2.31. The van der Waals surface area contributed by atoms with Crippen LogP contribution in [0.5, 0.6) is 5.88 Å². The predicted octanol–water partition coefficient (Wildman–Crippen LogP) is 4.81. The van der Waals surface area contributed by atoms with Crippen molar-refractivity contribution >= 4 is 10.9 Å². The fourth-order valence-corrected chi connectivity index (χ4v) is 4.13. The molecule has 0 fully saturated rings. The Bertz CT molecular complexity index is 1370. The summed E-state index contributed by atoms with van der Waals surface area (Å²) in [6.07, 6.45) is 0.866. The van der Waals surface area contributed by atoms with E-state index >= 15 is 0 Å². The number of fused-ring (bicyclic) bond motifs is 1. The molecule has 3 heterocycles. The summed E-state index contributed by atoms with van der Waals surface area (Å²) in [5.41, 5.74) is 7.72. The van der Waals surface area contributed by atoms with Gasteiger partial charge in [0.2, 0.25) is 11.7 Å². The zero-order valence-electron chi connectivity index (χ0n) is 18.3. The summed E-state index contributed by atoms with van der Waals surface area (Å²) < 4.78 is 7.87. The second-order valence-corrected chi connectivity index (χ2v) is 7.76. The van der Waals surface area contributed by atoms with Crippen molar-refractivity contribution in [2.45, 2.75) is 26.8 Å². The maximum absolute atomic E-state index is 5.55. The van der Waals surface area contributed by atoms with Crippen molar-refractivity contribution in [2.24, 2.45) is 0 Å². The molecular weight excluding hydrogens is 400 g/mol. The van der Waals surface area contributed by atoms with Crippen molar-refractivity contribution in [1.82, 2.24) is 30.2 Å². The summed E-state index contributed by atoms with van der Waals surface area (Å²) in [6, 6.07) is 21.1. The molecular formula is C25H24N6O. The Morgan fingerprint density at radius 2 is 1.78 bits per heavy atom. The van der Waals surface area contributed by atoms with Crippen molar-refractivity contribution in [1.29, 1.82) is 0 Å². The molecule has 0 saturated heterocycles. The zero-order valence-corrected chi connectivity index (χ0v) is 18.3. The molecule has 0 aliphatic heterocycles. The second-order valence-electron chi connectivity index (χ2n) is 7.76. The molecule has 160 valence electrons. The third-order valence-electron chi connectivity index (χ3n) is 5.80. The Morgan fingerprint density at radius 3 is 2.47 bits per heavy atom. The topological polar surface area (TPSA) is 81.5 Å². The molecule has 1 N–H and O–H groups in total. The van der Waals surface area contributed by atoms with Crippen LogP contribution in [0.25, 0.3) is 33.4 Å². The third-order valence-corrected chi connectivity index (χ3v) is 5.80. The average molecular weight is 425 g/mol. The lowest BCUT2D eigenvalue weighted by Crippen LogP contribution is -2.02. The standard InChI is InChI=1S/C25H24N6O/c1-4-19-14-23-22(25(26-19)32-3)13-16(2)31(23)15-17-9-11-18(12-10-17)20-7-5-6-8-21(20)24-27-29-30-28-24/h5-14H,4,15H2,1-3H3,(H,27,28,29,30). The van der Waals surface area contributed by atoms with Gasteiger partial charge in [-0.05, 0) is 47.4 Å². The summed E-state index contributed by atoms with van der Waals surface area (Å²) in [5, 5.41) is 15.6. The van der Waals surface area contributed by atoms with Crippen LogP contribution in [0.1, 0.15) is 23.9 Å². The van der Waals surface area contributed by atoms with E-state index in [0.717, 1.165) is 46.3 Å². The van der Waals surface area contributed by atoms with Gasteiger partial charge < -0.3 is 9.30 Å². The number of aryl methyl sites for hydroxylation is 2. The Hall–Kier alpha value is -4.00. The van der Waals surface area contributed by atoms with Crippen LogP contribution in [0.3, 0.4) is 0 Å². The van der Waals surface area contributed by atoms with Gasteiger partial charge in [0.15, 0.2) is 0 Å². The maximum atomic E-state index is 5.55. The molecule has 5 rings (SSSR count). The number of aromatic nitrogens is 6. The van der Waals surface area contributed by atoms with Gasteiger partial charge in [-0.2, -0.15) is 5.21 Å². The molecule has 3 aromatic heterocycles. The zero-order chi connectivity index (χ0) is 22.1. The highest BCUT2D eigenvalue weighted by molar-refractivity contribution is 5.86. The van der Waals surface area contributed by atoms with Crippen LogP contribution >= 0.6 is 0 Å². The molecule has 0 atom stereocenters. The van der Waals surface area contributed by atoms with Gasteiger partial charge in [-0.3, -0.25) is 0 Å². The molecule has 7 heteroatoms. The molecule has 5 aromatic rings. The molecule has 0 radical (unpaired) electrons. The normalized spacial score (nSPS) is 11.2. The molecule has 32 heavy (non-hydrogen) atoms. The van der Waals surface area contributed by atoms with Gasteiger partial charge in [-0.25, -0.2) is 4.98 Å². The maximum Gasteiger partial charge on any atom is 0.222 e. The van der Waals surface area contributed by atoms with E-state index in [1.165, 1.54) is 11.3 Å². The fourth-order valence-electron chi connectivity index (χ4n) is 4.13. The number of nitrogens with one attached hydrogen (secondary N) is 1. The van der Waals surface area contributed by atoms with Crippen molar-refractivity contribution < 1.29 is 4.74 Å². The monoisotopic (exact) mass is 424 g/mol. The van der Waals surface area contributed by atoms with Crippen LogP contribution in [0.2, 0.25) is 0 Å². The van der Waals surface area contributed by atoms with Crippen LogP contribution in [-0.4, -0.2) is 37.3 Å². The number of nitrogens with zero attached hydrogens (tertiary/aromatic N) is 5. The SMILES string of the molecule is CCc1cc2c(cc(C)n2Cc2ccc(-c3ccccc3-c3nn[nH]n3)cc2)c(OC)n1. The largest absolute Gasteiger partial charge is 0.480 e. The molecule has 0 aliphatic carbocycles. The Balaban J connectivity index is 1.49. The fraction of sp³-hybridized carbons (Fsp3) is 0.200. The van der Waals surface area contributed by atoms with E-state index in [-0.39, 0.29) is 0 Å². The van der Waals surface area contributed by atoms with E-state index in [9.17, 15) is 0 Å². The first-order valence-electron chi connectivity index (χ1n) is 10.6. The van der Waals surface area contributed by atoms with E-state index in [1.54, 1.807) is 7.11 Å². The van der Waals surface area contributed by atoms with Gasteiger partial charge in [-0.15, -0.1) is 10.2 Å². The Labute approximate surface area is 186 Å². The average Bonchev–Trinajstić information content (AvgIpc) is 3.48. The summed E-state index contributed by atoms with van der Waals surface area (Å²) in [4.78, 5) is 4.62. The lowest BCUT2D eigenvalue weighted by Gasteiger charge is -2.12. The Morgan fingerprint density at radius 1 is 1.00 bits per heavy atom. The van der Waals surface area contributed by atoms with Crippen LogP contribution in [-0.2, 0) is 13.0 Å². The highest BCUT2D eigenvalue weighted by Gasteiger charge is 2.14. The molecule has 0 aliphatic rings. The number of hydrogen-bond donors (Lipinski definition) is 1. The number of hydrogen-bond acceptors (Lipinski definition) is 5. The van der Waals surface area contributed by atoms with Gasteiger partial charge in [0.05, 0.1) is 18.0 Å². The number of aromatic amines is 1. The lowest BCUT2D eigenvalue weighted by atomic mass is 9.98. The predicted molar refractivity (Wildman–Crippen MR) is 125 cm³/mol. The van der Waals surface area contributed by atoms with Crippen molar-refractivity contribution in [3.8, 4) is 28.4 Å². The molecule has 0 saturated carbocycles.